The maximum atomic E-state index is 12.3. The van der Waals surface area contributed by atoms with Crippen LogP contribution in [0.4, 0.5) is 5.69 Å². The summed E-state index contributed by atoms with van der Waals surface area (Å²) in [6.45, 7) is 9.09. The summed E-state index contributed by atoms with van der Waals surface area (Å²) >= 11 is 3.48. The number of carbonyl (C=O) groups excluding carboxylic acids is 2. The number of nitrogens with zero attached hydrogens (tertiary/aromatic N) is 2. The molecule has 1 aliphatic rings. The Morgan fingerprint density at radius 3 is 2.33 bits per heavy atom. The molecule has 1 aromatic carbocycles. The minimum absolute atomic E-state index is 0.0666. The van der Waals surface area contributed by atoms with Crippen LogP contribution in [0.25, 0.3) is 0 Å². The van der Waals surface area contributed by atoms with Crippen LogP contribution in [-0.2, 0) is 14.3 Å². The molecule has 0 radical (unpaired) electrons. The maximum absolute atomic E-state index is 12.3. The lowest BCUT2D eigenvalue weighted by molar-refractivity contribution is -0.161. The summed E-state index contributed by atoms with van der Waals surface area (Å²) in [6.07, 6.45) is 1.49. The topological polar surface area (TPSA) is 59.1 Å². The number of piperidine rings is 1. The van der Waals surface area contributed by atoms with Crippen LogP contribution in [-0.4, -0.2) is 49.8 Å². The van der Waals surface area contributed by atoms with Crippen molar-refractivity contribution in [3.8, 4) is 0 Å². The average Bonchev–Trinajstić information content (AvgIpc) is 2.60. The molecule has 0 spiro atoms. The van der Waals surface area contributed by atoms with E-state index in [-0.39, 0.29) is 17.9 Å². The van der Waals surface area contributed by atoms with Crippen LogP contribution in [0.5, 0.6) is 0 Å². The van der Waals surface area contributed by atoms with E-state index in [2.05, 4.69) is 25.9 Å². The quantitative estimate of drug-likeness (QED) is 0.660. The molecule has 0 unspecified atom stereocenters. The zero-order chi connectivity index (χ0) is 20.4. The van der Waals surface area contributed by atoms with Gasteiger partial charge in [-0.25, -0.2) is 9.80 Å². The lowest BCUT2D eigenvalue weighted by Gasteiger charge is -2.39. The predicted octanol–water partition coefficient (Wildman–Crippen LogP) is 3.95. The van der Waals surface area contributed by atoms with Gasteiger partial charge in [0.2, 0.25) is 0 Å². The Labute approximate surface area is 169 Å². The van der Waals surface area contributed by atoms with Gasteiger partial charge < -0.3 is 14.5 Å². The van der Waals surface area contributed by atoms with E-state index in [1.54, 1.807) is 6.07 Å². The van der Waals surface area contributed by atoms with Gasteiger partial charge in [0.15, 0.2) is 0 Å². The number of anilines is 1. The third-order valence-electron chi connectivity index (χ3n) is 4.73. The highest BCUT2D eigenvalue weighted by Crippen LogP contribution is 2.31. The van der Waals surface area contributed by atoms with E-state index < -0.39 is 5.60 Å². The molecule has 0 bridgehead atoms. The molecule has 0 aromatic heterocycles. The minimum Gasteiger partial charge on any atom is -0.465 e. The lowest BCUT2D eigenvalue weighted by Crippen LogP contribution is -2.47. The summed E-state index contributed by atoms with van der Waals surface area (Å²) in [7, 11) is 3.36. The molecule has 1 aliphatic heterocycles. The maximum Gasteiger partial charge on any atom is 0.338 e. The Balaban J connectivity index is 2.10. The monoisotopic (exact) mass is 440 g/mol. The Morgan fingerprint density at radius 2 is 1.81 bits per heavy atom. The second-order valence-corrected chi connectivity index (χ2v) is 8.79. The van der Waals surface area contributed by atoms with Crippen molar-refractivity contribution in [2.75, 3.05) is 32.3 Å². The van der Waals surface area contributed by atoms with Crippen molar-refractivity contribution < 1.29 is 19.1 Å². The number of hydrogen-bond acceptors (Lipinski definition) is 6. The van der Waals surface area contributed by atoms with Crippen LogP contribution < -0.4 is 5.01 Å². The van der Waals surface area contributed by atoms with E-state index in [1.165, 1.54) is 7.11 Å². The summed E-state index contributed by atoms with van der Waals surface area (Å²) in [4.78, 5) is 24.3. The van der Waals surface area contributed by atoms with Gasteiger partial charge >= 0.3 is 11.9 Å². The molecule has 0 atom stereocenters. The van der Waals surface area contributed by atoms with Gasteiger partial charge in [0, 0.05) is 24.6 Å². The van der Waals surface area contributed by atoms with Gasteiger partial charge in [-0.05, 0) is 58.2 Å². The van der Waals surface area contributed by atoms with Crippen LogP contribution in [0.1, 0.15) is 49.5 Å². The van der Waals surface area contributed by atoms with E-state index in [0.29, 0.717) is 5.56 Å². The highest BCUT2D eigenvalue weighted by molar-refractivity contribution is 9.10. The first-order valence-electron chi connectivity index (χ1n) is 9.13. The highest BCUT2D eigenvalue weighted by Gasteiger charge is 2.31. The van der Waals surface area contributed by atoms with Gasteiger partial charge in [0.1, 0.15) is 5.60 Å². The van der Waals surface area contributed by atoms with Gasteiger partial charge in [-0.2, -0.15) is 0 Å². The fourth-order valence-corrected chi connectivity index (χ4v) is 3.71. The van der Waals surface area contributed by atoms with Crippen LogP contribution in [0.2, 0.25) is 0 Å². The fraction of sp³-hybridized carbons (Fsp3) is 0.600. The number of ether oxygens (including phenoxy) is 2. The summed E-state index contributed by atoms with van der Waals surface area (Å²) in [5.74, 6) is -0.536. The molecule has 0 N–H and O–H groups in total. The molecular weight excluding hydrogens is 412 g/mol. The second kappa shape index (κ2) is 8.61. The van der Waals surface area contributed by atoms with Crippen LogP contribution in [0.3, 0.4) is 0 Å². The number of hydrogen-bond donors (Lipinski definition) is 0. The Bertz CT molecular complexity index is 707. The van der Waals surface area contributed by atoms with Gasteiger partial charge in [0.05, 0.1) is 24.3 Å². The van der Waals surface area contributed by atoms with Crippen molar-refractivity contribution in [1.29, 1.82) is 0 Å². The SMILES string of the molecule is COC(=O)c1cc(Br)cc(N(C)N2CCC(C(=O)OC(C)(C)C)CC2)c1C. The normalized spacial score (nSPS) is 16.1. The number of carbonyl (C=O) groups is 2. The first kappa shape index (κ1) is 21.7. The number of hydrazine groups is 1. The molecule has 150 valence electrons. The van der Waals surface area contributed by atoms with Crippen LogP contribution in [0, 0.1) is 12.8 Å². The Hall–Kier alpha value is -1.60. The molecule has 0 aliphatic carbocycles. The summed E-state index contributed by atoms with van der Waals surface area (Å²) in [6, 6.07) is 3.76. The van der Waals surface area contributed by atoms with Crippen molar-refractivity contribution >= 4 is 33.6 Å². The van der Waals surface area contributed by atoms with Gasteiger partial charge in [-0.1, -0.05) is 15.9 Å². The van der Waals surface area contributed by atoms with Crippen molar-refractivity contribution in [3.05, 3.63) is 27.7 Å². The van der Waals surface area contributed by atoms with Crippen LogP contribution in [0.15, 0.2) is 16.6 Å². The third-order valence-corrected chi connectivity index (χ3v) is 5.19. The summed E-state index contributed by atoms with van der Waals surface area (Å²) in [5, 5.41) is 4.24. The number of methoxy groups -OCH3 is 1. The molecule has 6 nitrogen and oxygen atoms in total. The Kier molecular flexibility index (Phi) is 6.92. The standard InChI is InChI=1S/C20H29BrN2O4/c1-13-16(19(25)26-6)11-15(21)12-17(13)22(5)23-9-7-14(8-10-23)18(24)27-20(2,3)4/h11-12,14H,7-10H2,1-6H3. The Morgan fingerprint density at radius 1 is 1.22 bits per heavy atom. The number of esters is 2. The van der Waals surface area contributed by atoms with Gasteiger partial charge in [-0.15, -0.1) is 0 Å². The molecule has 0 saturated carbocycles. The zero-order valence-corrected chi connectivity index (χ0v) is 18.6. The molecule has 1 fully saturated rings. The number of benzene rings is 1. The van der Waals surface area contributed by atoms with E-state index >= 15 is 0 Å². The largest absolute Gasteiger partial charge is 0.465 e. The first-order valence-corrected chi connectivity index (χ1v) is 9.92. The van der Waals surface area contributed by atoms with Crippen molar-refractivity contribution in [3.63, 3.8) is 0 Å². The highest BCUT2D eigenvalue weighted by atomic mass is 79.9. The van der Waals surface area contributed by atoms with Crippen molar-refractivity contribution in [2.24, 2.45) is 5.92 Å². The van der Waals surface area contributed by atoms with E-state index in [1.807, 2.05) is 40.8 Å². The fourth-order valence-electron chi connectivity index (χ4n) is 3.26. The van der Waals surface area contributed by atoms with Crippen LogP contribution >= 0.6 is 15.9 Å². The average molecular weight is 441 g/mol. The van der Waals surface area contributed by atoms with Gasteiger partial charge in [0.25, 0.3) is 0 Å². The molecule has 27 heavy (non-hydrogen) atoms. The zero-order valence-electron chi connectivity index (χ0n) is 17.0. The third kappa shape index (κ3) is 5.45. The van der Waals surface area contributed by atoms with E-state index in [4.69, 9.17) is 9.47 Å². The molecule has 7 heteroatoms. The smallest absolute Gasteiger partial charge is 0.338 e. The minimum atomic E-state index is -0.456. The van der Waals surface area contributed by atoms with Crippen molar-refractivity contribution in [2.45, 2.75) is 46.1 Å². The van der Waals surface area contributed by atoms with Gasteiger partial charge in [-0.3, -0.25) is 4.79 Å². The number of halogens is 1. The summed E-state index contributed by atoms with van der Waals surface area (Å²) in [5.41, 5.74) is 1.88. The molecule has 1 saturated heterocycles. The van der Waals surface area contributed by atoms with Crippen molar-refractivity contribution in [1.82, 2.24) is 5.01 Å². The molecule has 0 amide bonds. The lowest BCUT2D eigenvalue weighted by atomic mass is 9.97. The first-order chi connectivity index (χ1) is 12.5. The molecule has 2 rings (SSSR count). The predicted molar refractivity (Wildman–Crippen MR) is 109 cm³/mol. The number of rotatable bonds is 4. The molecule has 1 aromatic rings. The summed E-state index contributed by atoms with van der Waals surface area (Å²) < 4.78 is 11.2. The molecule has 1 heterocycles. The van der Waals surface area contributed by atoms with E-state index in [0.717, 1.165) is 41.7 Å². The molecular formula is C20H29BrN2O4. The van der Waals surface area contributed by atoms with E-state index in [9.17, 15) is 9.59 Å². The second-order valence-electron chi connectivity index (χ2n) is 7.87.